The fourth-order valence-corrected chi connectivity index (χ4v) is 4.14. The summed E-state index contributed by atoms with van der Waals surface area (Å²) >= 11 is 0. The number of carbonyl (C=O) groups is 1. The third-order valence-electron chi connectivity index (χ3n) is 4.14. The van der Waals surface area contributed by atoms with Crippen molar-refractivity contribution in [3.8, 4) is 0 Å². The maximum absolute atomic E-state index is 12.7. The molecule has 23 heavy (non-hydrogen) atoms. The highest BCUT2D eigenvalue weighted by Crippen LogP contribution is 2.17. The summed E-state index contributed by atoms with van der Waals surface area (Å²) in [6.45, 7) is 0.769. The lowest BCUT2D eigenvalue weighted by Crippen LogP contribution is -2.33. The summed E-state index contributed by atoms with van der Waals surface area (Å²) in [5, 5.41) is 0. The van der Waals surface area contributed by atoms with Gasteiger partial charge in [-0.25, -0.2) is 8.42 Å². The second-order valence-corrected chi connectivity index (χ2v) is 8.16. The van der Waals surface area contributed by atoms with E-state index >= 15 is 0 Å². The predicted octanol–water partition coefficient (Wildman–Crippen LogP) is 1.87. The average molecular weight is 332 g/mol. The van der Waals surface area contributed by atoms with Crippen molar-refractivity contribution in [2.45, 2.75) is 12.8 Å². The van der Waals surface area contributed by atoms with Crippen LogP contribution in [0.25, 0.3) is 0 Å². The van der Waals surface area contributed by atoms with Gasteiger partial charge >= 0.3 is 0 Å². The van der Waals surface area contributed by atoms with Crippen LogP contribution in [0.2, 0.25) is 0 Å². The Balaban J connectivity index is 1.77. The largest absolute Gasteiger partial charge is 0.367 e. The number of amides is 1. The fraction of sp³-hybridized carbons (Fsp3) is 0.353. The van der Waals surface area contributed by atoms with E-state index in [0.29, 0.717) is 24.9 Å². The summed E-state index contributed by atoms with van der Waals surface area (Å²) in [6.07, 6.45) is 4.73. The van der Waals surface area contributed by atoms with E-state index in [0.717, 1.165) is 11.1 Å². The Kier molecular flexibility index (Phi) is 4.52. The van der Waals surface area contributed by atoms with Crippen LogP contribution in [0.1, 0.15) is 27.9 Å². The molecule has 6 heteroatoms. The monoisotopic (exact) mass is 332 g/mol. The number of aromatic amines is 1. The third kappa shape index (κ3) is 3.82. The van der Waals surface area contributed by atoms with Crippen LogP contribution in [0, 0.1) is 0 Å². The first kappa shape index (κ1) is 15.8. The molecular formula is C17H20N2O3S. The van der Waals surface area contributed by atoms with Crippen LogP contribution >= 0.6 is 0 Å². The van der Waals surface area contributed by atoms with Gasteiger partial charge in [-0.05, 0) is 24.0 Å². The summed E-state index contributed by atoms with van der Waals surface area (Å²) in [5.74, 6) is 0.132. The summed E-state index contributed by atoms with van der Waals surface area (Å²) in [6, 6.07) is 9.97. The van der Waals surface area contributed by atoms with Crippen molar-refractivity contribution < 1.29 is 13.2 Å². The minimum Gasteiger partial charge on any atom is -0.367 e. The fourth-order valence-electron chi connectivity index (χ4n) is 2.87. The maximum atomic E-state index is 12.7. The highest BCUT2D eigenvalue weighted by atomic mass is 32.2. The van der Waals surface area contributed by atoms with E-state index in [-0.39, 0.29) is 24.0 Å². The van der Waals surface area contributed by atoms with Crippen molar-refractivity contribution in [1.82, 2.24) is 9.88 Å². The molecule has 1 amide bonds. The van der Waals surface area contributed by atoms with Gasteiger partial charge in [-0.15, -0.1) is 0 Å². The van der Waals surface area contributed by atoms with E-state index in [1.807, 2.05) is 36.5 Å². The Morgan fingerprint density at radius 2 is 1.87 bits per heavy atom. The molecule has 0 unspecified atom stereocenters. The molecule has 0 atom stereocenters. The number of sulfone groups is 1. The van der Waals surface area contributed by atoms with Gasteiger partial charge in [0, 0.05) is 25.5 Å². The van der Waals surface area contributed by atoms with Crippen molar-refractivity contribution in [3.63, 3.8) is 0 Å². The standard InChI is InChI=1S/C17H20N2O3S/c20-17(19-7-4-9-23(21,22)10-8-19)16-13-18-12-15(16)11-14-5-2-1-3-6-14/h1-3,5-6,12-13,18H,4,7-11H2. The first-order valence-corrected chi connectivity index (χ1v) is 9.56. The first-order valence-electron chi connectivity index (χ1n) is 7.74. The molecule has 1 saturated heterocycles. The summed E-state index contributed by atoms with van der Waals surface area (Å²) in [4.78, 5) is 17.4. The Hall–Kier alpha value is -2.08. The molecule has 2 heterocycles. The maximum Gasteiger partial charge on any atom is 0.255 e. The van der Waals surface area contributed by atoms with Gasteiger partial charge in [0.1, 0.15) is 0 Å². The summed E-state index contributed by atoms with van der Waals surface area (Å²) < 4.78 is 23.4. The van der Waals surface area contributed by atoms with E-state index in [1.54, 1.807) is 11.1 Å². The molecule has 1 aliphatic rings. The Morgan fingerprint density at radius 1 is 1.09 bits per heavy atom. The lowest BCUT2D eigenvalue weighted by atomic mass is 10.0. The Morgan fingerprint density at radius 3 is 2.65 bits per heavy atom. The summed E-state index contributed by atoms with van der Waals surface area (Å²) in [7, 11) is -3.01. The SMILES string of the molecule is O=C(c1c[nH]cc1Cc1ccccc1)N1CCCS(=O)(=O)CC1. The molecule has 0 radical (unpaired) electrons. The normalized spacial score (nSPS) is 17.7. The molecule has 1 aliphatic heterocycles. The van der Waals surface area contributed by atoms with Crippen LogP contribution in [0.3, 0.4) is 0 Å². The molecule has 0 aliphatic carbocycles. The number of aromatic nitrogens is 1. The lowest BCUT2D eigenvalue weighted by Gasteiger charge is -2.20. The van der Waals surface area contributed by atoms with Gasteiger partial charge in [0.15, 0.2) is 9.84 Å². The molecule has 0 saturated carbocycles. The van der Waals surface area contributed by atoms with Crippen LogP contribution < -0.4 is 0 Å². The minimum absolute atomic E-state index is 0.0528. The zero-order chi connectivity index (χ0) is 16.3. The third-order valence-corrected chi connectivity index (χ3v) is 5.86. The van der Waals surface area contributed by atoms with E-state index in [4.69, 9.17) is 0 Å². The second-order valence-electron chi connectivity index (χ2n) is 5.85. The van der Waals surface area contributed by atoms with Crippen LogP contribution in [-0.2, 0) is 16.3 Å². The second kappa shape index (κ2) is 6.58. The summed E-state index contributed by atoms with van der Waals surface area (Å²) in [5.41, 5.74) is 2.71. The minimum atomic E-state index is -3.01. The number of carbonyl (C=O) groups excluding carboxylic acids is 1. The van der Waals surface area contributed by atoms with Crippen LogP contribution in [0.15, 0.2) is 42.7 Å². The molecule has 0 bridgehead atoms. The van der Waals surface area contributed by atoms with Crippen LogP contribution in [0.4, 0.5) is 0 Å². The van der Waals surface area contributed by atoms with Gasteiger partial charge in [-0.1, -0.05) is 30.3 Å². The molecule has 122 valence electrons. The van der Waals surface area contributed by atoms with E-state index in [9.17, 15) is 13.2 Å². The van der Waals surface area contributed by atoms with Gasteiger partial charge in [-0.2, -0.15) is 0 Å². The molecule has 0 spiro atoms. The first-order chi connectivity index (χ1) is 11.1. The zero-order valence-electron chi connectivity index (χ0n) is 12.9. The average Bonchev–Trinajstić information content (AvgIpc) is 2.90. The van der Waals surface area contributed by atoms with Gasteiger partial charge < -0.3 is 9.88 Å². The number of benzene rings is 1. The zero-order valence-corrected chi connectivity index (χ0v) is 13.7. The molecular weight excluding hydrogens is 312 g/mol. The van der Waals surface area contributed by atoms with Gasteiger partial charge in [0.05, 0.1) is 17.1 Å². The Bertz CT molecular complexity index is 781. The van der Waals surface area contributed by atoms with Crippen LogP contribution in [-0.4, -0.2) is 48.8 Å². The quantitative estimate of drug-likeness (QED) is 0.933. The number of H-pyrrole nitrogens is 1. The predicted molar refractivity (Wildman–Crippen MR) is 89.2 cm³/mol. The van der Waals surface area contributed by atoms with E-state index < -0.39 is 9.84 Å². The van der Waals surface area contributed by atoms with Crippen molar-refractivity contribution >= 4 is 15.7 Å². The number of hydrogen-bond acceptors (Lipinski definition) is 3. The molecule has 1 N–H and O–H groups in total. The molecule has 1 aromatic heterocycles. The number of nitrogens with one attached hydrogen (secondary N) is 1. The Labute approximate surface area is 136 Å². The van der Waals surface area contributed by atoms with Gasteiger partial charge in [-0.3, -0.25) is 4.79 Å². The van der Waals surface area contributed by atoms with Crippen molar-refractivity contribution in [2.24, 2.45) is 0 Å². The number of hydrogen-bond donors (Lipinski definition) is 1. The van der Waals surface area contributed by atoms with E-state index in [2.05, 4.69) is 4.98 Å². The van der Waals surface area contributed by atoms with Gasteiger partial charge in [0.2, 0.25) is 0 Å². The highest BCUT2D eigenvalue weighted by molar-refractivity contribution is 7.91. The van der Waals surface area contributed by atoms with E-state index in [1.165, 1.54) is 0 Å². The van der Waals surface area contributed by atoms with Crippen molar-refractivity contribution in [2.75, 3.05) is 24.6 Å². The van der Waals surface area contributed by atoms with Crippen LogP contribution in [0.5, 0.6) is 0 Å². The smallest absolute Gasteiger partial charge is 0.255 e. The number of rotatable bonds is 3. The molecule has 5 nitrogen and oxygen atoms in total. The van der Waals surface area contributed by atoms with Crippen molar-refractivity contribution in [3.05, 3.63) is 59.4 Å². The van der Waals surface area contributed by atoms with Crippen molar-refractivity contribution in [1.29, 1.82) is 0 Å². The molecule has 2 aromatic rings. The highest BCUT2D eigenvalue weighted by Gasteiger charge is 2.25. The molecule has 1 fully saturated rings. The number of nitrogens with zero attached hydrogens (tertiary/aromatic N) is 1. The topological polar surface area (TPSA) is 70.2 Å². The molecule has 3 rings (SSSR count). The molecule has 1 aromatic carbocycles. The van der Waals surface area contributed by atoms with Gasteiger partial charge in [0.25, 0.3) is 5.91 Å². The lowest BCUT2D eigenvalue weighted by molar-refractivity contribution is 0.0768.